The molecule has 0 bridgehead atoms. The van der Waals surface area contributed by atoms with E-state index in [-0.39, 0.29) is 6.04 Å². The maximum atomic E-state index is 11.1. The molecule has 1 aromatic carbocycles. The van der Waals surface area contributed by atoms with Gasteiger partial charge in [-0.2, -0.15) is 0 Å². The zero-order valence-corrected chi connectivity index (χ0v) is 11.9. The van der Waals surface area contributed by atoms with Gasteiger partial charge in [0.2, 0.25) is 0 Å². The van der Waals surface area contributed by atoms with Gasteiger partial charge in [0, 0.05) is 6.04 Å². The van der Waals surface area contributed by atoms with E-state index < -0.39 is 11.4 Å². The van der Waals surface area contributed by atoms with E-state index in [4.69, 9.17) is 10.8 Å². The molecular formula is C15H23NO2. The monoisotopic (exact) mass is 249 g/mol. The predicted octanol–water partition coefficient (Wildman–Crippen LogP) is 3.11. The van der Waals surface area contributed by atoms with E-state index in [1.807, 2.05) is 13.8 Å². The van der Waals surface area contributed by atoms with Crippen LogP contribution in [0.5, 0.6) is 0 Å². The van der Waals surface area contributed by atoms with Crippen LogP contribution < -0.4 is 5.73 Å². The second-order valence-electron chi connectivity index (χ2n) is 5.79. The molecule has 0 fully saturated rings. The Kier molecular flexibility index (Phi) is 4.17. The van der Waals surface area contributed by atoms with Crippen molar-refractivity contribution in [2.45, 2.75) is 47.1 Å². The Hall–Kier alpha value is -1.35. The maximum absolute atomic E-state index is 11.1. The number of hydrogen-bond donors (Lipinski definition) is 2. The Bertz CT molecular complexity index is 464. The molecule has 1 unspecified atom stereocenters. The van der Waals surface area contributed by atoms with Crippen molar-refractivity contribution in [2.75, 3.05) is 0 Å². The van der Waals surface area contributed by atoms with Crippen molar-refractivity contribution in [1.82, 2.24) is 0 Å². The minimum Gasteiger partial charge on any atom is -0.481 e. The van der Waals surface area contributed by atoms with Crippen molar-refractivity contribution in [2.24, 2.45) is 11.1 Å². The number of rotatable bonds is 4. The summed E-state index contributed by atoms with van der Waals surface area (Å²) in [6.45, 7) is 9.57. The van der Waals surface area contributed by atoms with Gasteiger partial charge in [0.25, 0.3) is 0 Å². The van der Waals surface area contributed by atoms with E-state index in [1.165, 1.54) is 11.1 Å². The van der Waals surface area contributed by atoms with Gasteiger partial charge >= 0.3 is 5.97 Å². The molecule has 0 aromatic heterocycles. The molecule has 3 heteroatoms. The first-order valence-corrected chi connectivity index (χ1v) is 6.22. The average molecular weight is 249 g/mol. The van der Waals surface area contributed by atoms with Gasteiger partial charge in [0.1, 0.15) is 0 Å². The number of carboxylic acid groups (broad SMARTS) is 1. The molecule has 1 atom stereocenters. The number of hydrogen-bond acceptors (Lipinski definition) is 2. The Balaban J connectivity index is 3.01. The molecule has 0 radical (unpaired) electrons. The second kappa shape index (κ2) is 5.11. The zero-order chi connectivity index (χ0) is 14.1. The van der Waals surface area contributed by atoms with Crippen LogP contribution in [0.15, 0.2) is 12.1 Å². The molecule has 0 saturated carbocycles. The predicted molar refractivity (Wildman–Crippen MR) is 73.6 cm³/mol. The summed E-state index contributed by atoms with van der Waals surface area (Å²) in [5.41, 5.74) is 9.98. The van der Waals surface area contributed by atoms with Crippen LogP contribution in [0.1, 0.15) is 48.6 Å². The maximum Gasteiger partial charge on any atom is 0.309 e. The molecule has 0 aliphatic carbocycles. The molecule has 1 rings (SSSR count). The smallest absolute Gasteiger partial charge is 0.309 e. The van der Waals surface area contributed by atoms with Crippen LogP contribution >= 0.6 is 0 Å². The molecule has 0 aliphatic heterocycles. The van der Waals surface area contributed by atoms with Gasteiger partial charge in [0.15, 0.2) is 0 Å². The van der Waals surface area contributed by atoms with Gasteiger partial charge in [0.05, 0.1) is 5.41 Å². The lowest BCUT2D eigenvalue weighted by Crippen LogP contribution is -2.29. The molecule has 0 heterocycles. The van der Waals surface area contributed by atoms with Crippen molar-refractivity contribution in [3.63, 3.8) is 0 Å². The normalized spacial score (nSPS) is 13.4. The molecule has 1 aromatic rings. The van der Waals surface area contributed by atoms with Gasteiger partial charge in [-0.15, -0.1) is 0 Å². The summed E-state index contributed by atoms with van der Waals surface area (Å²) >= 11 is 0. The van der Waals surface area contributed by atoms with Gasteiger partial charge in [-0.25, -0.2) is 0 Å². The third-order valence-corrected chi connectivity index (χ3v) is 3.59. The fraction of sp³-hybridized carbons (Fsp3) is 0.533. The van der Waals surface area contributed by atoms with Crippen LogP contribution in [0.2, 0.25) is 0 Å². The van der Waals surface area contributed by atoms with Crippen LogP contribution in [0.25, 0.3) is 0 Å². The Morgan fingerprint density at radius 1 is 1.22 bits per heavy atom. The van der Waals surface area contributed by atoms with Gasteiger partial charge in [-0.3, -0.25) is 4.79 Å². The summed E-state index contributed by atoms with van der Waals surface area (Å²) in [6.07, 6.45) is 0.436. The summed E-state index contributed by atoms with van der Waals surface area (Å²) in [4.78, 5) is 11.1. The minimum atomic E-state index is -0.806. The highest BCUT2D eigenvalue weighted by molar-refractivity contribution is 5.73. The average Bonchev–Trinajstić information content (AvgIpc) is 2.22. The van der Waals surface area contributed by atoms with Crippen molar-refractivity contribution in [3.8, 4) is 0 Å². The fourth-order valence-corrected chi connectivity index (χ4v) is 2.13. The molecule has 0 saturated heterocycles. The molecule has 0 aliphatic rings. The van der Waals surface area contributed by atoms with Crippen LogP contribution in [0, 0.1) is 26.2 Å². The zero-order valence-electron chi connectivity index (χ0n) is 11.9. The first-order chi connectivity index (χ1) is 8.15. The SMILES string of the molecule is Cc1cc(C)c(C(N)CC(C)(C)C(=O)O)cc1C. The lowest BCUT2D eigenvalue weighted by Gasteiger charge is -2.25. The summed E-state index contributed by atoms with van der Waals surface area (Å²) < 4.78 is 0. The minimum absolute atomic E-state index is 0.240. The number of carbonyl (C=O) groups is 1. The molecule has 0 amide bonds. The molecule has 3 nitrogen and oxygen atoms in total. The summed E-state index contributed by atoms with van der Waals surface area (Å²) in [5, 5.41) is 9.15. The van der Waals surface area contributed by atoms with Crippen molar-refractivity contribution >= 4 is 5.97 Å². The van der Waals surface area contributed by atoms with Crippen molar-refractivity contribution in [3.05, 3.63) is 34.4 Å². The van der Waals surface area contributed by atoms with Gasteiger partial charge < -0.3 is 10.8 Å². The molecular weight excluding hydrogens is 226 g/mol. The molecule has 0 spiro atoms. The standard InChI is InChI=1S/C15H23NO2/c1-9-6-11(3)12(7-10(9)2)13(16)8-15(4,5)14(17)18/h6-7,13H,8,16H2,1-5H3,(H,17,18). The third kappa shape index (κ3) is 3.10. The van der Waals surface area contributed by atoms with Crippen LogP contribution in [-0.2, 0) is 4.79 Å². The van der Waals surface area contributed by atoms with E-state index in [0.717, 1.165) is 11.1 Å². The number of carboxylic acids is 1. The third-order valence-electron chi connectivity index (χ3n) is 3.59. The molecule has 3 N–H and O–H groups in total. The highest BCUT2D eigenvalue weighted by Gasteiger charge is 2.30. The lowest BCUT2D eigenvalue weighted by molar-refractivity contribution is -0.147. The van der Waals surface area contributed by atoms with E-state index in [1.54, 1.807) is 13.8 Å². The summed E-state index contributed by atoms with van der Waals surface area (Å²) in [5.74, 6) is -0.806. The highest BCUT2D eigenvalue weighted by atomic mass is 16.4. The second-order valence-corrected chi connectivity index (χ2v) is 5.79. The fourth-order valence-electron chi connectivity index (χ4n) is 2.13. The van der Waals surface area contributed by atoms with E-state index >= 15 is 0 Å². The van der Waals surface area contributed by atoms with Gasteiger partial charge in [-0.05, 0) is 63.3 Å². The van der Waals surface area contributed by atoms with Crippen molar-refractivity contribution < 1.29 is 9.90 Å². The number of aliphatic carboxylic acids is 1. The first-order valence-electron chi connectivity index (χ1n) is 6.22. The quantitative estimate of drug-likeness (QED) is 0.861. The summed E-state index contributed by atoms with van der Waals surface area (Å²) in [7, 11) is 0. The van der Waals surface area contributed by atoms with Crippen LogP contribution in [-0.4, -0.2) is 11.1 Å². The largest absolute Gasteiger partial charge is 0.481 e. The Labute approximate surface area is 109 Å². The number of aryl methyl sites for hydroxylation is 3. The topological polar surface area (TPSA) is 63.3 Å². The number of benzene rings is 1. The van der Waals surface area contributed by atoms with E-state index in [9.17, 15) is 4.79 Å². The summed E-state index contributed by atoms with van der Waals surface area (Å²) in [6, 6.07) is 3.95. The molecule has 18 heavy (non-hydrogen) atoms. The Morgan fingerprint density at radius 2 is 1.72 bits per heavy atom. The van der Waals surface area contributed by atoms with Crippen molar-refractivity contribution in [1.29, 1.82) is 0 Å². The van der Waals surface area contributed by atoms with Crippen LogP contribution in [0.3, 0.4) is 0 Å². The van der Waals surface area contributed by atoms with E-state index in [0.29, 0.717) is 6.42 Å². The highest BCUT2D eigenvalue weighted by Crippen LogP contribution is 2.31. The Morgan fingerprint density at radius 3 is 2.22 bits per heavy atom. The first kappa shape index (κ1) is 14.7. The number of nitrogens with two attached hydrogens (primary N) is 1. The molecule has 100 valence electrons. The van der Waals surface area contributed by atoms with Crippen LogP contribution in [0.4, 0.5) is 0 Å². The lowest BCUT2D eigenvalue weighted by atomic mass is 9.82. The van der Waals surface area contributed by atoms with Gasteiger partial charge in [-0.1, -0.05) is 12.1 Å². The van der Waals surface area contributed by atoms with E-state index in [2.05, 4.69) is 19.1 Å².